The number of aromatic nitrogens is 2. The Morgan fingerprint density at radius 1 is 1.43 bits per heavy atom. The molecule has 2 aliphatic rings. The quantitative estimate of drug-likeness (QED) is 0.759. The van der Waals surface area contributed by atoms with Gasteiger partial charge in [-0.3, -0.25) is 4.79 Å². The summed E-state index contributed by atoms with van der Waals surface area (Å²) in [6.07, 6.45) is 0.208. The zero-order valence-electron chi connectivity index (χ0n) is 12.1. The largest absolute Gasteiger partial charge is 0.377 e. The number of nitrogens with zero attached hydrogens (tertiary/aromatic N) is 3. The highest BCUT2D eigenvalue weighted by Gasteiger charge is 2.39. The lowest BCUT2D eigenvalue weighted by atomic mass is 10.0. The zero-order valence-corrected chi connectivity index (χ0v) is 12.1. The number of hydrogen-bond donors (Lipinski definition) is 1. The minimum atomic E-state index is -0.443. The highest BCUT2D eigenvalue weighted by Crippen LogP contribution is 2.20. The highest BCUT2D eigenvalue weighted by molar-refractivity contribution is 5.78. The van der Waals surface area contributed by atoms with E-state index in [9.17, 15) is 4.79 Å². The molecule has 0 saturated carbocycles. The number of aryl methyl sites for hydroxylation is 1. The Kier molecular flexibility index (Phi) is 4.18. The number of nitrogens with one attached hydrogen (secondary N) is 1. The third-order valence-electron chi connectivity index (χ3n) is 3.90. The van der Waals surface area contributed by atoms with Crippen LogP contribution < -0.4 is 5.32 Å². The molecule has 1 amide bonds. The summed E-state index contributed by atoms with van der Waals surface area (Å²) in [5.41, 5.74) is 0.809. The van der Waals surface area contributed by atoms with Crippen LogP contribution in [-0.4, -0.2) is 72.7 Å². The monoisotopic (exact) mass is 296 g/mol. The molecule has 0 aromatic carbocycles. The number of carbonyl (C=O) groups is 1. The molecule has 3 heterocycles. The number of hydrogen-bond acceptors (Lipinski definition) is 7. The molecule has 0 unspecified atom stereocenters. The van der Waals surface area contributed by atoms with Gasteiger partial charge >= 0.3 is 0 Å². The average molecular weight is 296 g/mol. The summed E-state index contributed by atoms with van der Waals surface area (Å²) in [5.74, 6) is 0.0146. The van der Waals surface area contributed by atoms with Gasteiger partial charge in [-0.25, -0.2) is 4.63 Å². The fraction of sp³-hybridized carbons (Fsp3) is 0.769. The van der Waals surface area contributed by atoms with E-state index in [1.807, 2.05) is 4.90 Å². The van der Waals surface area contributed by atoms with E-state index in [1.54, 1.807) is 6.92 Å². The van der Waals surface area contributed by atoms with Gasteiger partial charge in [-0.05, 0) is 6.92 Å². The van der Waals surface area contributed by atoms with Crippen LogP contribution in [0.25, 0.3) is 0 Å². The average Bonchev–Trinajstić information content (AvgIpc) is 2.75. The first-order chi connectivity index (χ1) is 10.2. The molecule has 1 spiro atoms. The van der Waals surface area contributed by atoms with Crippen molar-refractivity contribution in [2.75, 3.05) is 46.0 Å². The molecule has 0 radical (unpaired) electrons. The van der Waals surface area contributed by atoms with Gasteiger partial charge in [0.15, 0.2) is 0 Å². The number of amides is 1. The number of morpholine rings is 1. The smallest absolute Gasteiger partial charge is 0.228 e. The summed E-state index contributed by atoms with van der Waals surface area (Å²) in [7, 11) is 0. The molecular weight excluding hydrogens is 276 g/mol. The van der Waals surface area contributed by atoms with Gasteiger partial charge in [-0.1, -0.05) is 10.3 Å². The first-order valence-corrected chi connectivity index (χ1v) is 7.17. The van der Waals surface area contributed by atoms with Crippen molar-refractivity contribution in [2.24, 2.45) is 0 Å². The molecular formula is C13H20N4O4. The van der Waals surface area contributed by atoms with Crippen molar-refractivity contribution in [1.82, 2.24) is 20.5 Å². The second-order valence-electron chi connectivity index (χ2n) is 5.55. The van der Waals surface area contributed by atoms with Gasteiger partial charge in [0.05, 0.1) is 32.8 Å². The molecule has 116 valence electrons. The molecule has 8 nitrogen and oxygen atoms in total. The van der Waals surface area contributed by atoms with Crippen molar-refractivity contribution < 1.29 is 18.9 Å². The van der Waals surface area contributed by atoms with Gasteiger partial charge < -0.3 is 19.7 Å². The molecule has 2 saturated heterocycles. The van der Waals surface area contributed by atoms with Crippen LogP contribution in [0.4, 0.5) is 0 Å². The summed E-state index contributed by atoms with van der Waals surface area (Å²) in [5, 5.41) is 10.8. The lowest BCUT2D eigenvalue weighted by molar-refractivity contribution is -0.157. The van der Waals surface area contributed by atoms with Gasteiger partial charge in [-0.15, -0.1) is 0 Å². The summed E-state index contributed by atoms with van der Waals surface area (Å²) in [6, 6.07) is 0. The van der Waals surface area contributed by atoms with E-state index in [-0.39, 0.29) is 12.3 Å². The first-order valence-electron chi connectivity index (χ1n) is 7.17. The minimum absolute atomic E-state index is 0.0146. The molecule has 8 heteroatoms. The topological polar surface area (TPSA) is 89.7 Å². The van der Waals surface area contributed by atoms with Gasteiger partial charge in [0, 0.05) is 19.6 Å². The molecule has 0 bridgehead atoms. The summed E-state index contributed by atoms with van der Waals surface area (Å²) < 4.78 is 16.1. The van der Waals surface area contributed by atoms with Gasteiger partial charge in [0.1, 0.15) is 17.0 Å². The third kappa shape index (κ3) is 3.22. The number of ether oxygens (including phenoxy) is 2. The van der Waals surface area contributed by atoms with Crippen LogP contribution in [0.15, 0.2) is 4.63 Å². The van der Waals surface area contributed by atoms with Gasteiger partial charge in [0.25, 0.3) is 0 Å². The second-order valence-corrected chi connectivity index (χ2v) is 5.55. The maximum atomic E-state index is 12.4. The molecule has 3 rings (SSSR count). The Bertz CT molecular complexity index is 496. The van der Waals surface area contributed by atoms with E-state index in [2.05, 4.69) is 20.3 Å². The molecule has 1 aromatic heterocycles. The van der Waals surface area contributed by atoms with Crippen LogP contribution in [0.3, 0.4) is 0 Å². The van der Waals surface area contributed by atoms with Gasteiger partial charge in [-0.2, -0.15) is 0 Å². The van der Waals surface area contributed by atoms with Crippen LogP contribution in [-0.2, 0) is 20.7 Å². The van der Waals surface area contributed by atoms with E-state index in [0.29, 0.717) is 50.8 Å². The lowest BCUT2D eigenvalue weighted by Crippen LogP contribution is -2.59. The van der Waals surface area contributed by atoms with E-state index >= 15 is 0 Å². The van der Waals surface area contributed by atoms with E-state index in [4.69, 9.17) is 9.47 Å². The molecule has 1 N–H and O–H groups in total. The number of rotatable bonds is 2. The first kappa shape index (κ1) is 14.4. The van der Waals surface area contributed by atoms with Crippen molar-refractivity contribution in [3.8, 4) is 0 Å². The Hall–Kier alpha value is -1.51. The summed E-state index contributed by atoms with van der Waals surface area (Å²) in [6.45, 7) is 6.10. The van der Waals surface area contributed by atoms with E-state index in [1.165, 1.54) is 0 Å². The van der Waals surface area contributed by atoms with Crippen molar-refractivity contribution >= 4 is 5.91 Å². The Balaban J connectivity index is 1.65. The Morgan fingerprint density at radius 2 is 2.33 bits per heavy atom. The predicted molar refractivity (Wildman–Crippen MR) is 71.7 cm³/mol. The van der Waals surface area contributed by atoms with Crippen molar-refractivity contribution in [2.45, 2.75) is 18.9 Å². The second kappa shape index (κ2) is 6.08. The van der Waals surface area contributed by atoms with Crippen LogP contribution in [0.5, 0.6) is 0 Å². The number of carbonyl (C=O) groups excluding carboxylic acids is 1. The molecule has 1 aromatic rings. The van der Waals surface area contributed by atoms with Crippen molar-refractivity contribution in [1.29, 1.82) is 0 Å². The fourth-order valence-corrected chi connectivity index (χ4v) is 2.69. The van der Waals surface area contributed by atoms with Crippen molar-refractivity contribution in [3.63, 3.8) is 0 Å². The molecule has 1 atom stereocenters. The normalized spacial score (nSPS) is 26.8. The summed E-state index contributed by atoms with van der Waals surface area (Å²) in [4.78, 5) is 14.2. The standard InChI is InChI=1S/C13H20N4O4/c1-10-11(16-21-15-10)6-12(18)17-3-5-20-13(8-17)7-14-2-4-19-9-13/h14H,2-9H2,1H3/t13-/m0/s1. The van der Waals surface area contributed by atoms with Crippen LogP contribution >= 0.6 is 0 Å². The van der Waals surface area contributed by atoms with Crippen molar-refractivity contribution in [3.05, 3.63) is 11.4 Å². The highest BCUT2D eigenvalue weighted by atomic mass is 16.6. The lowest BCUT2D eigenvalue weighted by Gasteiger charge is -2.41. The third-order valence-corrected chi connectivity index (χ3v) is 3.90. The Labute approximate surface area is 122 Å². The molecule has 2 aliphatic heterocycles. The predicted octanol–water partition coefficient (Wildman–Crippen LogP) is -0.862. The van der Waals surface area contributed by atoms with Crippen LogP contribution in [0.2, 0.25) is 0 Å². The minimum Gasteiger partial charge on any atom is -0.377 e. The maximum Gasteiger partial charge on any atom is 0.228 e. The van der Waals surface area contributed by atoms with E-state index in [0.717, 1.165) is 6.54 Å². The summed E-state index contributed by atoms with van der Waals surface area (Å²) >= 11 is 0. The van der Waals surface area contributed by atoms with Crippen LogP contribution in [0.1, 0.15) is 11.4 Å². The molecule has 0 aliphatic carbocycles. The zero-order chi connectivity index (χ0) is 14.7. The van der Waals surface area contributed by atoms with Gasteiger partial charge in [0.2, 0.25) is 5.91 Å². The molecule has 2 fully saturated rings. The van der Waals surface area contributed by atoms with E-state index < -0.39 is 5.60 Å². The maximum absolute atomic E-state index is 12.4. The molecule has 21 heavy (non-hydrogen) atoms. The Morgan fingerprint density at radius 3 is 3.14 bits per heavy atom. The van der Waals surface area contributed by atoms with Crippen LogP contribution in [0, 0.1) is 6.92 Å². The fourth-order valence-electron chi connectivity index (χ4n) is 2.69. The SMILES string of the molecule is Cc1nonc1CC(=O)N1CCO[C@@]2(CNCCOC2)C1.